The second kappa shape index (κ2) is 7.98. The van der Waals surface area contributed by atoms with E-state index in [9.17, 15) is 22.8 Å². The van der Waals surface area contributed by atoms with Crippen molar-refractivity contribution in [1.29, 1.82) is 0 Å². The molecule has 2 amide bonds. The molecule has 1 unspecified atom stereocenters. The van der Waals surface area contributed by atoms with Gasteiger partial charge in [-0.25, -0.2) is 0 Å². The van der Waals surface area contributed by atoms with Gasteiger partial charge in [-0.2, -0.15) is 13.2 Å². The van der Waals surface area contributed by atoms with E-state index < -0.39 is 17.0 Å². The molecular formula is C21H15F3N2O3S. The fourth-order valence-corrected chi connectivity index (χ4v) is 3.91. The Hall–Kier alpha value is -3.07. The predicted octanol–water partition coefficient (Wildman–Crippen LogP) is 4.73. The Morgan fingerprint density at radius 1 is 1.03 bits per heavy atom. The zero-order valence-corrected chi connectivity index (χ0v) is 16.2. The number of hydrogen-bond acceptors (Lipinski definition) is 5. The van der Waals surface area contributed by atoms with Crippen molar-refractivity contribution in [3.05, 3.63) is 71.4 Å². The maximum Gasteiger partial charge on any atom is 0.416 e. The monoisotopic (exact) mass is 432 g/mol. The number of carbonyl (C=O) groups excluding carboxylic acids is 2. The zero-order chi connectivity index (χ0) is 21.3. The summed E-state index contributed by atoms with van der Waals surface area (Å²) in [5.41, 5.74) is 1.44. The summed E-state index contributed by atoms with van der Waals surface area (Å²) in [7, 11) is 0. The van der Waals surface area contributed by atoms with Crippen LogP contribution >= 0.6 is 11.8 Å². The lowest BCUT2D eigenvalue weighted by molar-refractivity contribution is -0.137. The quantitative estimate of drug-likeness (QED) is 0.632. The molecule has 1 aliphatic heterocycles. The average molecular weight is 432 g/mol. The number of imide groups is 1. The van der Waals surface area contributed by atoms with Crippen molar-refractivity contribution in [2.45, 2.75) is 24.5 Å². The maximum absolute atomic E-state index is 12.6. The Morgan fingerprint density at radius 2 is 1.80 bits per heavy atom. The highest BCUT2D eigenvalue weighted by Crippen LogP contribution is 2.29. The zero-order valence-electron chi connectivity index (χ0n) is 15.4. The molecule has 1 N–H and O–H groups in total. The number of halogens is 3. The molecule has 2 aromatic carbocycles. The van der Waals surface area contributed by atoms with Gasteiger partial charge in [-0.05, 0) is 47.9 Å². The summed E-state index contributed by atoms with van der Waals surface area (Å²) in [6, 6.07) is 12.0. The number of fused-ring (bicyclic) bond motifs is 1. The molecule has 3 aromatic rings. The van der Waals surface area contributed by atoms with Crippen molar-refractivity contribution in [2.24, 2.45) is 0 Å². The highest BCUT2D eigenvalue weighted by Gasteiger charge is 2.31. The van der Waals surface area contributed by atoms with E-state index in [1.54, 1.807) is 18.3 Å². The molecule has 154 valence electrons. The SMILES string of the molecule is O=C1NC(=O)C(Cc2cnc3cc(OCc4ccc(C(F)(F)F)cc4)ccc3c2)S1. The van der Waals surface area contributed by atoms with E-state index in [0.717, 1.165) is 34.8 Å². The lowest BCUT2D eigenvalue weighted by Gasteiger charge is -2.10. The van der Waals surface area contributed by atoms with Gasteiger partial charge in [0.15, 0.2) is 0 Å². The number of rotatable bonds is 5. The molecule has 1 aromatic heterocycles. The van der Waals surface area contributed by atoms with E-state index in [-0.39, 0.29) is 17.8 Å². The molecule has 1 aliphatic rings. The van der Waals surface area contributed by atoms with Gasteiger partial charge in [-0.15, -0.1) is 0 Å². The van der Waals surface area contributed by atoms with Gasteiger partial charge in [0.2, 0.25) is 5.91 Å². The molecule has 9 heteroatoms. The van der Waals surface area contributed by atoms with Crippen LogP contribution in [0.25, 0.3) is 10.9 Å². The Balaban J connectivity index is 1.42. The number of carbonyl (C=O) groups is 2. The topological polar surface area (TPSA) is 68.3 Å². The number of hydrogen-bond donors (Lipinski definition) is 1. The van der Waals surface area contributed by atoms with Gasteiger partial charge in [0, 0.05) is 17.6 Å². The number of nitrogens with zero attached hydrogens (tertiary/aromatic N) is 1. The van der Waals surface area contributed by atoms with Crippen molar-refractivity contribution >= 4 is 33.8 Å². The number of aromatic nitrogens is 1. The first-order chi connectivity index (χ1) is 14.3. The Kier molecular flexibility index (Phi) is 5.38. The predicted molar refractivity (Wildman–Crippen MR) is 106 cm³/mol. The van der Waals surface area contributed by atoms with E-state index in [4.69, 9.17) is 4.74 Å². The fraction of sp³-hybridized carbons (Fsp3) is 0.190. The summed E-state index contributed by atoms with van der Waals surface area (Å²) >= 11 is 0.973. The average Bonchev–Trinajstić information content (AvgIpc) is 3.02. The summed E-state index contributed by atoms with van der Waals surface area (Å²) < 4.78 is 43.5. The number of thioether (sulfide) groups is 1. The first-order valence-corrected chi connectivity index (χ1v) is 9.85. The lowest BCUT2D eigenvalue weighted by Crippen LogP contribution is -2.25. The van der Waals surface area contributed by atoms with Gasteiger partial charge in [0.05, 0.1) is 16.3 Å². The van der Waals surface area contributed by atoms with Crippen LogP contribution in [0.2, 0.25) is 0 Å². The van der Waals surface area contributed by atoms with Crippen LogP contribution in [0.1, 0.15) is 16.7 Å². The van der Waals surface area contributed by atoms with Crippen LogP contribution in [-0.4, -0.2) is 21.4 Å². The van der Waals surface area contributed by atoms with Gasteiger partial charge in [0.25, 0.3) is 5.24 Å². The largest absolute Gasteiger partial charge is 0.489 e. The molecule has 1 atom stereocenters. The molecule has 4 rings (SSSR count). The molecule has 5 nitrogen and oxygen atoms in total. The van der Waals surface area contributed by atoms with Gasteiger partial charge < -0.3 is 4.74 Å². The first kappa shape index (κ1) is 20.2. The minimum Gasteiger partial charge on any atom is -0.489 e. The van der Waals surface area contributed by atoms with Crippen LogP contribution in [0.3, 0.4) is 0 Å². The highest BCUT2D eigenvalue weighted by molar-refractivity contribution is 8.15. The van der Waals surface area contributed by atoms with Gasteiger partial charge in [0.1, 0.15) is 12.4 Å². The molecule has 0 saturated carbocycles. The van der Waals surface area contributed by atoms with E-state index >= 15 is 0 Å². The van der Waals surface area contributed by atoms with E-state index in [2.05, 4.69) is 10.3 Å². The second-order valence-corrected chi connectivity index (χ2v) is 7.94. The number of pyridine rings is 1. The van der Waals surface area contributed by atoms with Crippen molar-refractivity contribution in [3.8, 4) is 5.75 Å². The summed E-state index contributed by atoms with van der Waals surface area (Å²) in [6.45, 7) is 0.129. The maximum atomic E-state index is 12.6. The lowest BCUT2D eigenvalue weighted by atomic mass is 10.1. The van der Waals surface area contributed by atoms with E-state index in [1.165, 1.54) is 12.1 Å². The van der Waals surface area contributed by atoms with Crippen LogP contribution in [0, 0.1) is 0 Å². The highest BCUT2D eigenvalue weighted by atomic mass is 32.2. The van der Waals surface area contributed by atoms with Crippen LogP contribution in [0.15, 0.2) is 54.7 Å². The number of ether oxygens (including phenoxy) is 1. The molecular weight excluding hydrogens is 417 g/mol. The van der Waals surface area contributed by atoms with Crippen LogP contribution in [0.4, 0.5) is 18.0 Å². The molecule has 30 heavy (non-hydrogen) atoms. The summed E-state index contributed by atoms with van der Waals surface area (Å²) in [6.07, 6.45) is -2.31. The molecule has 0 spiro atoms. The molecule has 0 bridgehead atoms. The van der Waals surface area contributed by atoms with Crippen LogP contribution < -0.4 is 10.1 Å². The van der Waals surface area contributed by atoms with E-state index in [1.807, 2.05) is 12.1 Å². The number of nitrogens with one attached hydrogen (secondary N) is 1. The van der Waals surface area contributed by atoms with Crippen LogP contribution in [0.5, 0.6) is 5.75 Å². The van der Waals surface area contributed by atoms with Gasteiger partial charge >= 0.3 is 6.18 Å². The minimum absolute atomic E-state index is 0.129. The van der Waals surface area contributed by atoms with Gasteiger partial charge in [-0.3, -0.25) is 19.9 Å². The minimum atomic E-state index is -4.36. The number of benzene rings is 2. The fourth-order valence-electron chi connectivity index (χ4n) is 3.05. The first-order valence-electron chi connectivity index (χ1n) is 8.97. The molecule has 0 radical (unpaired) electrons. The summed E-state index contributed by atoms with van der Waals surface area (Å²) in [4.78, 5) is 27.4. The van der Waals surface area contributed by atoms with Gasteiger partial charge in [-0.1, -0.05) is 23.9 Å². The molecule has 1 saturated heterocycles. The molecule has 1 fully saturated rings. The Labute approximate surface area is 173 Å². The third-order valence-corrected chi connectivity index (χ3v) is 5.57. The normalized spacial score (nSPS) is 16.7. The summed E-state index contributed by atoms with van der Waals surface area (Å²) in [5, 5.41) is 2.32. The second-order valence-electron chi connectivity index (χ2n) is 6.77. The van der Waals surface area contributed by atoms with Crippen molar-refractivity contribution in [2.75, 3.05) is 0 Å². The van der Waals surface area contributed by atoms with Crippen molar-refractivity contribution < 1.29 is 27.5 Å². The molecule has 0 aliphatic carbocycles. The Morgan fingerprint density at radius 3 is 2.47 bits per heavy atom. The van der Waals surface area contributed by atoms with E-state index in [0.29, 0.717) is 23.3 Å². The molecule has 2 heterocycles. The summed E-state index contributed by atoms with van der Waals surface area (Å²) in [5.74, 6) is 0.246. The van der Waals surface area contributed by atoms with Crippen molar-refractivity contribution in [1.82, 2.24) is 10.3 Å². The third kappa shape index (κ3) is 4.56. The standard InChI is InChI=1S/C21H15F3N2O3S/c22-21(23,24)15-4-1-12(2-5-15)11-29-16-6-3-14-7-13(10-25-17(14)9-16)8-18-19(27)26-20(28)30-18/h1-7,9-10,18H,8,11H2,(H,26,27,28). The van der Waals surface area contributed by atoms with Crippen LogP contribution in [-0.2, 0) is 24.0 Å². The number of amides is 2. The smallest absolute Gasteiger partial charge is 0.416 e. The Bertz CT molecular complexity index is 1120. The number of alkyl halides is 3. The third-order valence-electron chi connectivity index (χ3n) is 4.59. The van der Waals surface area contributed by atoms with Crippen molar-refractivity contribution in [3.63, 3.8) is 0 Å².